The highest BCUT2D eigenvalue weighted by Crippen LogP contribution is 2.34. The summed E-state index contributed by atoms with van der Waals surface area (Å²) in [6.45, 7) is 4.16. The summed E-state index contributed by atoms with van der Waals surface area (Å²) >= 11 is 1.38. The number of hydrogen-bond donors (Lipinski definition) is 2. The zero-order valence-electron chi connectivity index (χ0n) is 17.5. The molecule has 1 aromatic heterocycles. The van der Waals surface area contributed by atoms with Crippen LogP contribution in [0.5, 0.6) is 5.75 Å². The number of pyridine rings is 1. The van der Waals surface area contributed by atoms with Crippen LogP contribution in [0, 0.1) is 0 Å². The third-order valence-electron chi connectivity index (χ3n) is 5.03. The van der Waals surface area contributed by atoms with E-state index in [0.29, 0.717) is 17.9 Å². The van der Waals surface area contributed by atoms with E-state index in [9.17, 15) is 14.4 Å². The van der Waals surface area contributed by atoms with E-state index in [0.717, 1.165) is 16.9 Å². The normalized spacial score (nSPS) is 15.9. The molecule has 0 spiro atoms. The first-order chi connectivity index (χ1) is 14.8. The summed E-state index contributed by atoms with van der Waals surface area (Å²) in [6.07, 6.45) is 1.31. The maximum Gasteiger partial charge on any atom is 0.251 e. The zero-order valence-corrected chi connectivity index (χ0v) is 18.4. The largest absolute Gasteiger partial charge is 0.497 e. The summed E-state index contributed by atoms with van der Waals surface area (Å²) in [5.41, 5.74) is 8.08. The van der Waals surface area contributed by atoms with Gasteiger partial charge >= 0.3 is 0 Å². The van der Waals surface area contributed by atoms with Gasteiger partial charge in [0.25, 0.3) is 5.91 Å². The van der Waals surface area contributed by atoms with Gasteiger partial charge in [0.05, 0.1) is 18.4 Å². The van der Waals surface area contributed by atoms with Crippen molar-refractivity contribution < 1.29 is 19.1 Å². The summed E-state index contributed by atoms with van der Waals surface area (Å²) in [5, 5.41) is 2.46. The van der Waals surface area contributed by atoms with Crippen LogP contribution in [0.25, 0.3) is 0 Å². The summed E-state index contributed by atoms with van der Waals surface area (Å²) in [6, 6.07) is 10.6. The lowest BCUT2D eigenvalue weighted by Crippen LogP contribution is -2.34. The van der Waals surface area contributed by atoms with Crippen molar-refractivity contribution in [3.63, 3.8) is 0 Å². The van der Waals surface area contributed by atoms with E-state index in [2.05, 4.69) is 10.3 Å². The molecule has 3 rings (SSSR count). The molecule has 0 fully saturated rings. The Hall–Kier alpha value is -3.33. The summed E-state index contributed by atoms with van der Waals surface area (Å²) < 4.78 is 5.18. The Labute approximate surface area is 184 Å². The van der Waals surface area contributed by atoms with E-state index in [1.54, 1.807) is 12.0 Å². The predicted molar refractivity (Wildman–Crippen MR) is 120 cm³/mol. The van der Waals surface area contributed by atoms with Gasteiger partial charge in [0.15, 0.2) is 0 Å². The van der Waals surface area contributed by atoms with Crippen molar-refractivity contribution >= 4 is 35.3 Å². The van der Waals surface area contributed by atoms with Gasteiger partial charge in [-0.3, -0.25) is 14.4 Å². The van der Waals surface area contributed by atoms with E-state index in [-0.39, 0.29) is 28.5 Å². The van der Waals surface area contributed by atoms with Crippen LogP contribution >= 0.6 is 11.8 Å². The number of carbonyl (C=O) groups is 3. The van der Waals surface area contributed by atoms with Gasteiger partial charge in [-0.05, 0) is 49.2 Å². The molecule has 1 aliphatic rings. The van der Waals surface area contributed by atoms with Crippen molar-refractivity contribution in [3.05, 3.63) is 64.9 Å². The topological polar surface area (TPSA) is 115 Å². The molecule has 9 heteroatoms. The van der Waals surface area contributed by atoms with Crippen LogP contribution in [0.4, 0.5) is 5.82 Å². The van der Waals surface area contributed by atoms with Crippen LogP contribution in [0.1, 0.15) is 29.8 Å². The molecule has 162 valence electrons. The highest BCUT2D eigenvalue weighted by Gasteiger charge is 2.35. The number of primary amides is 1. The quantitative estimate of drug-likeness (QED) is 0.652. The molecule has 0 saturated heterocycles. The van der Waals surface area contributed by atoms with Gasteiger partial charge in [0.2, 0.25) is 11.8 Å². The Balaban J connectivity index is 1.63. The number of nitrogens with zero attached hydrogens (tertiary/aromatic N) is 2. The maximum absolute atomic E-state index is 12.8. The van der Waals surface area contributed by atoms with E-state index in [1.165, 1.54) is 30.1 Å². The molecule has 1 aromatic carbocycles. The van der Waals surface area contributed by atoms with Gasteiger partial charge in [-0.2, -0.15) is 0 Å². The number of ether oxygens (including phenoxy) is 1. The first-order valence-electron chi connectivity index (χ1n) is 9.58. The number of carbonyl (C=O) groups excluding carboxylic acids is 3. The van der Waals surface area contributed by atoms with Crippen LogP contribution in [0.3, 0.4) is 0 Å². The van der Waals surface area contributed by atoms with Crippen molar-refractivity contribution in [2.24, 2.45) is 5.73 Å². The first-order valence-corrected chi connectivity index (χ1v) is 10.6. The van der Waals surface area contributed by atoms with Crippen LogP contribution in [0.2, 0.25) is 0 Å². The maximum atomic E-state index is 12.8. The minimum absolute atomic E-state index is 0.0325. The second-order valence-electron chi connectivity index (χ2n) is 7.10. The molecule has 3 N–H and O–H groups in total. The van der Waals surface area contributed by atoms with Crippen LogP contribution in [-0.4, -0.2) is 45.8 Å². The lowest BCUT2D eigenvalue weighted by molar-refractivity contribution is -0.126. The second kappa shape index (κ2) is 9.65. The van der Waals surface area contributed by atoms with Crippen LogP contribution < -0.4 is 15.8 Å². The van der Waals surface area contributed by atoms with Gasteiger partial charge in [-0.25, -0.2) is 4.98 Å². The number of aromatic nitrogens is 1. The second-order valence-corrected chi connectivity index (χ2v) is 8.17. The Morgan fingerprint density at radius 3 is 2.48 bits per heavy atom. The van der Waals surface area contributed by atoms with Crippen molar-refractivity contribution in [1.29, 1.82) is 0 Å². The molecular formula is C22H24N4O4S. The fourth-order valence-corrected chi connectivity index (χ4v) is 4.31. The van der Waals surface area contributed by atoms with Gasteiger partial charge in [-0.15, -0.1) is 11.8 Å². The lowest BCUT2D eigenvalue weighted by atomic mass is 10.2. The molecule has 2 aromatic rings. The molecule has 31 heavy (non-hydrogen) atoms. The third kappa shape index (κ3) is 5.24. The van der Waals surface area contributed by atoms with Crippen LogP contribution in [-0.2, 0) is 16.1 Å². The molecule has 8 nitrogen and oxygen atoms in total. The Kier molecular flexibility index (Phi) is 6.96. The smallest absolute Gasteiger partial charge is 0.251 e. The number of nitrogens with one attached hydrogen (secondary N) is 1. The summed E-state index contributed by atoms with van der Waals surface area (Å²) in [5.74, 6) is 0.356. The number of benzene rings is 1. The fraction of sp³-hybridized carbons (Fsp3) is 0.273. The molecule has 3 amide bonds. The molecule has 0 saturated carbocycles. The van der Waals surface area contributed by atoms with Crippen LogP contribution in [0.15, 0.2) is 53.7 Å². The van der Waals surface area contributed by atoms with Gasteiger partial charge in [0.1, 0.15) is 16.9 Å². The molecule has 0 radical (unpaired) electrons. The number of nitrogens with two attached hydrogens (primary N) is 1. The number of hydrogen-bond acceptors (Lipinski definition) is 6. The molecule has 1 aliphatic heterocycles. The molecule has 2 heterocycles. The zero-order chi connectivity index (χ0) is 22.5. The fourth-order valence-electron chi connectivity index (χ4n) is 3.15. The van der Waals surface area contributed by atoms with Crippen molar-refractivity contribution in [2.45, 2.75) is 25.8 Å². The lowest BCUT2D eigenvalue weighted by Gasteiger charge is -2.26. The minimum Gasteiger partial charge on any atom is -0.497 e. The highest BCUT2D eigenvalue weighted by molar-refractivity contribution is 8.00. The van der Waals surface area contributed by atoms with E-state index < -0.39 is 5.91 Å². The summed E-state index contributed by atoms with van der Waals surface area (Å²) in [7, 11) is 1.61. The van der Waals surface area contributed by atoms with E-state index in [4.69, 9.17) is 10.5 Å². The SMILES string of the molecule is COc1ccc(CN2C(=O)C(C)=C(C)C2SCC(=O)Nc2ccc(C(N)=O)cn2)cc1. The summed E-state index contributed by atoms with van der Waals surface area (Å²) in [4.78, 5) is 42.1. The standard InChI is InChI=1S/C22H24N4O4S/c1-13-14(2)22(26(21(13)29)11-15-4-7-17(30-3)8-5-15)31-12-19(27)25-18-9-6-16(10-24-18)20(23)28/h4-10,22H,11-12H2,1-3H3,(H2,23,28)(H,24,25,27). The van der Waals surface area contributed by atoms with Gasteiger partial charge < -0.3 is 20.7 Å². The predicted octanol–water partition coefficient (Wildman–Crippen LogP) is 2.57. The number of thioether (sulfide) groups is 1. The minimum atomic E-state index is -0.582. The van der Waals surface area contributed by atoms with Gasteiger partial charge in [-0.1, -0.05) is 12.1 Å². The van der Waals surface area contributed by atoms with Crippen molar-refractivity contribution in [1.82, 2.24) is 9.88 Å². The van der Waals surface area contributed by atoms with Gasteiger partial charge in [0, 0.05) is 18.3 Å². The molecular weight excluding hydrogens is 416 g/mol. The number of rotatable bonds is 8. The Bertz CT molecular complexity index is 1020. The number of amides is 3. The average molecular weight is 441 g/mol. The van der Waals surface area contributed by atoms with Crippen molar-refractivity contribution in [2.75, 3.05) is 18.2 Å². The third-order valence-corrected chi connectivity index (χ3v) is 6.38. The molecule has 0 bridgehead atoms. The monoisotopic (exact) mass is 440 g/mol. The average Bonchev–Trinajstić information content (AvgIpc) is 2.96. The highest BCUT2D eigenvalue weighted by atomic mass is 32.2. The number of methoxy groups -OCH3 is 1. The van der Waals surface area contributed by atoms with Crippen molar-refractivity contribution in [3.8, 4) is 5.75 Å². The van der Waals surface area contributed by atoms with E-state index >= 15 is 0 Å². The molecule has 1 atom stereocenters. The molecule has 1 unspecified atom stereocenters. The number of anilines is 1. The Morgan fingerprint density at radius 1 is 1.19 bits per heavy atom. The van der Waals surface area contributed by atoms with E-state index in [1.807, 2.05) is 38.1 Å². The first kappa shape index (κ1) is 22.4. The molecule has 0 aliphatic carbocycles. The Morgan fingerprint density at radius 2 is 1.90 bits per heavy atom.